The summed E-state index contributed by atoms with van der Waals surface area (Å²) in [6.45, 7) is 3.03. The summed E-state index contributed by atoms with van der Waals surface area (Å²) in [5.41, 5.74) is 3.21. The highest BCUT2D eigenvalue weighted by Gasteiger charge is 2.35. The molecule has 0 fully saturated rings. The van der Waals surface area contributed by atoms with E-state index >= 15 is 0 Å². The zero-order chi connectivity index (χ0) is 29.2. The fraction of sp³-hybridized carbons (Fsp3) is 0.281. The number of nitrogens with zero attached hydrogens (tertiary/aromatic N) is 2. The molecule has 0 saturated heterocycles. The summed E-state index contributed by atoms with van der Waals surface area (Å²) < 4.78 is 23.1. The van der Waals surface area contributed by atoms with Crippen LogP contribution in [0.15, 0.2) is 65.2 Å². The van der Waals surface area contributed by atoms with E-state index in [2.05, 4.69) is 10.5 Å². The van der Waals surface area contributed by atoms with Gasteiger partial charge in [0.1, 0.15) is 23.0 Å². The van der Waals surface area contributed by atoms with Gasteiger partial charge in [-0.15, -0.1) is 0 Å². The molecule has 3 aliphatic heterocycles. The Balaban J connectivity index is 1.45. The molecular formula is C32H31N3O7. The maximum absolute atomic E-state index is 13.8. The molecule has 0 radical (unpaired) electrons. The SMILES string of the molecule is CCc1cc(C(=O)N2CCc3cc4ccc3C2c2ccc(OC)c(c2)OCCCNC(=O)c2cc(ccc2O)O4)no1. The van der Waals surface area contributed by atoms with Crippen molar-refractivity contribution in [1.29, 1.82) is 0 Å². The quantitative estimate of drug-likeness (QED) is 0.352. The van der Waals surface area contributed by atoms with E-state index in [0.29, 0.717) is 67.7 Å². The number of fused-ring (bicyclic) bond motifs is 6. The van der Waals surface area contributed by atoms with E-state index in [4.69, 9.17) is 18.7 Å². The number of carbonyl (C=O) groups is 2. The van der Waals surface area contributed by atoms with Gasteiger partial charge in [-0.05, 0) is 72.0 Å². The summed E-state index contributed by atoms with van der Waals surface area (Å²) in [7, 11) is 1.57. The molecule has 216 valence electrons. The van der Waals surface area contributed by atoms with Crippen LogP contribution in [0.1, 0.15) is 62.7 Å². The van der Waals surface area contributed by atoms with Gasteiger partial charge in [-0.25, -0.2) is 0 Å². The zero-order valence-corrected chi connectivity index (χ0v) is 23.4. The Hall–Kier alpha value is -4.99. The number of aromatic nitrogens is 1. The van der Waals surface area contributed by atoms with Crippen molar-refractivity contribution in [2.45, 2.75) is 32.2 Å². The number of ether oxygens (including phenoxy) is 3. The van der Waals surface area contributed by atoms with Gasteiger partial charge in [0, 0.05) is 25.6 Å². The lowest BCUT2D eigenvalue weighted by Gasteiger charge is -2.37. The molecule has 42 heavy (non-hydrogen) atoms. The largest absolute Gasteiger partial charge is 0.507 e. The molecule has 7 rings (SSSR count). The van der Waals surface area contributed by atoms with Crippen LogP contribution in [0.25, 0.3) is 0 Å². The van der Waals surface area contributed by atoms with Crippen LogP contribution in [0.5, 0.6) is 28.7 Å². The zero-order valence-electron chi connectivity index (χ0n) is 23.4. The first-order valence-electron chi connectivity index (χ1n) is 13.9. The molecule has 0 saturated carbocycles. The second-order valence-corrected chi connectivity index (χ2v) is 10.2. The van der Waals surface area contributed by atoms with Gasteiger partial charge < -0.3 is 34.1 Å². The maximum Gasteiger partial charge on any atom is 0.276 e. The van der Waals surface area contributed by atoms with Gasteiger partial charge in [-0.1, -0.05) is 24.2 Å². The topological polar surface area (TPSA) is 123 Å². The molecule has 4 aromatic rings. The number of methoxy groups -OCH3 is 1. The van der Waals surface area contributed by atoms with Gasteiger partial charge in [0.05, 0.1) is 25.3 Å². The Bertz CT molecular complexity index is 1650. The predicted molar refractivity (Wildman–Crippen MR) is 153 cm³/mol. The third kappa shape index (κ3) is 5.23. The summed E-state index contributed by atoms with van der Waals surface area (Å²) in [5, 5.41) is 17.2. The van der Waals surface area contributed by atoms with Crippen molar-refractivity contribution in [1.82, 2.24) is 15.4 Å². The fourth-order valence-corrected chi connectivity index (χ4v) is 5.40. The Labute approximate surface area is 242 Å². The van der Waals surface area contributed by atoms with E-state index in [1.165, 1.54) is 12.1 Å². The average molecular weight is 570 g/mol. The van der Waals surface area contributed by atoms with Crippen LogP contribution in [-0.4, -0.2) is 53.8 Å². The van der Waals surface area contributed by atoms with Crippen molar-refractivity contribution < 1.29 is 33.4 Å². The van der Waals surface area contributed by atoms with Gasteiger partial charge in [-0.3, -0.25) is 9.59 Å². The summed E-state index contributed by atoms with van der Waals surface area (Å²) in [4.78, 5) is 28.4. The van der Waals surface area contributed by atoms with E-state index in [9.17, 15) is 14.7 Å². The van der Waals surface area contributed by atoms with Crippen molar-refractivity contribution in [2.24, 2.45) is 0 Å². The highest BCUT2D eigenvalue weighted by Crippen LogP contribution is 2.41. The fourth-order valence-electron chi connectivity index (χ4n) is 5.40. The second-order valence-electron chi connectivity index (χ2n) is 10.2. The van der Waals surface area contributed by atoms with Crippen LogP contribution in [0.2, 0.25) is 0 Å². The number of benzene rings is 3. The Morgan fingerprint density at radius 3 is 2.76 bits per heavy atom. The lowest BCUT2D eigenvalue weighted by molar-refractivity contribution is 0.0683. The van der Waals surface area contributed by atoms with Crippen LogP contribution in [-0.2, 0) is 12.8 Å². The number of aryl methyl sites for hydroxylation is 1. The van der Waals surface area contributed by atoms with Crippen molar-refractivity contribution in [3.63, 3.8) is 0 Å². The molecule has 1 unspecified atom stereocenters. The minimum Gasteiger partial charge on any atom is -0.507 e. The van der Waals surface area contributed by atoms with Gasteiger partial charge in [-0.2, -0.15) is 0 Å². The van der Waals surface area contributed by atoms with Crippen molar-refractivity contribution >= 4 is 11.8 Å². The molecule has 1 aromatic heterocycles. The highest BCUT2D eigenvalue weighted by atomic mass is 16.5. The van der Waals surface area contributed by atoms with Crippen molar-refractivity contribution in [2.75, 3.05) is 26.8 Å². The molecule has 0 spiro atoms. The second kappa shape index (κ2) is 11.5. The number of phenolic OH excluding ortho intramolecular Hbond substituents is 1. The molecule has 1 atom stereocenters. The van der Waals surface area contributed by atoms with Gasteiger partial charge >= 0.3 is 0 Å². The highest BCUT2D eigenvalue weighted by molar-refractivity contribution is 5.97. The summed E-state index contributed by atoms with van der Waals surface area (Å²) in [6, 6.07) is 17.3. The number of phenols is 1. The van der Waals surface area contributed by atoms with Crippen LogP contribution in [0.4, 0.5) is 0 Å². The number of amides is 2. The summed E-state index contributed by atoms with van der Waals surface area (Å²) >= 11 is 0. The number of aromatic hydroxyl groups is 1. The monoisotopic (exact) mass is 569 g/mol. The minimum atomic E-state index is -0.427. The third-order valence-electron chi connectivity index (χ3n) is 7.55. The van der Waals surface area contributed by atoms with Gasteiger partial charge in [0.2, 0.25) is 0 Å². The summed E-state index contributed by atoms with van der Waals surface area (Å²) in [5.74, 6) is 1.97. The molecule has 8 bridgehead atoms. The molecule has 0 aliphatic carbocycles. The normalized spacial score (nSPS) is 16.5. The first kappa shape index (κ1) is 27.2. The molecule has 10 nitrogen and oxygen atoms in total. The first-order chi connectivity index (χ1) is 20.4. The Kier molecular flexibility index (Phi) is 7.43. The van der Waals surface area contributed by atoms with Crippen molar-refractivity contribution in [3.05, 3.63) is 94.4 Å². The number of nitrogens with one attached hydrogen (secondary N) is 1. The molecular weight excluding hydrogens is 538 g/mol. The number of carbonyl (C=O) groups excluding carboxylic acids is 2. The van der Waals surface area contributed by atoms with Crippen LogP contribution < -0.4 is 19.5 Å². The number of hydrogen-bond donors (Lipinski definition) is 2. The molecule has 3 aromatic carbocycles. The summed E-state index contributed by atoms with van der Waals surface area (Å²) in [6.07, 6.45) is 1.75. The standard InChI is InChI=1S/C32H31N3O7/c1-3-21-18-26(34-42-21)32(38)35-13-11-19-15-22-6-8-24(19)30(35)20-5-10-28(39-2)29(16-20)40-14-4-12-33-31(37)25-17-23(41-22)7-9-27(25)36/h5-10,15-18,30,36H,3-4,11-14H2,1-2H3,(H,33,37). The lowest BCUT2D eigenvalue weighted by atomic mass is 9.87. The average Bonchev–Trinajstić information content (AvgIpc) is 3.50. The molecule has 2 N–H and O–H groups in total. The van der Waals surface area contributed by atoms with E-state index in [1.807, 2.05) is 48.2 Å². The van der Waals surface area contributed by atoms with Gasteiger partial charge in [0.15, 0.2) is 17.2 Å². The molecule has 10 heteroatoms. The lowest BCUT2D eigenvalue weighted by Crippen LogP contribution is -2.40. The molecule has 2 amide bonds. The van der Waals surface area contributed by atoms with Crippen LogP contribution in [0, 0.1) is 0 Å². The molecule has 3 aliphatic rings. The van der Waals surface area contributed by atoms with E-state index in [-0.39, 0.29) is 22.9 Å². The minimum absolute atomic E-state index is 0.121. The van der Waals surface area contributed by atoms with Crippen LogP contribution in [0.3, 0.4) is 0 Å². The van der Waals surface area contributed by atoms with Crippen molar-refractivity contribution in [3.8, 4) is 28.7 Å². The number of rotatable bonds is 3. The van der Waals surface area contributed by atoms with E-state index in [1.54, 1.807) is 19.2 Å². The number of hydrogen-bond acceptors (Lipinski definition) is 8. The molecule has 4 heterocycles. The smallest absolute Gasteiger partial charge is 0.276 e. The van der Waals surface area contributed by atoms with Gasteiger partial charge in [0.25, 0.3) is 11.8 Å². The van der Waals surface area contributed by atoms with E-state index in [0.717, 1.165) is 16.7 Å². The Morgan fingerprint density at radius 1 is 1.12 bits per heavy atom. The third-order valence-corrected chi connectivity index (χ3v) is 7.55. The Morgan fingerprint density at radius 2 is 1.95 bits per heavy atom. The first-order valence-corrected chi connectivity index (χ1v) is 13.9. The van der Waals surface area contributed by atoms with Crippen LogP contribution >= 0.6 is 0 Å². The predicted octanol–water partition coefficient (Wildman–Crippen LogP) is 5.04. The van der Waals surface area contributed by atoms with E-state index < -0.39 is 11.9 Å². The maximum atomic E-state index is 13.8.